The molecule has 1 aliphatic rings. The van der Waals surface area contributed by atoms with E-state index in [1.807, 2.05) is 0 Å². The minimum absolute atomic E-state index is 0.0279. The summed E-state index contributed by atoms with van der Waals surface area (Å²) in [7, 11) is 0. The van der Waals surface area contributed by atoms with E-state index >= 15 is 0 Å². The van der Waals surface area contributed by atoms with Gasteiger partial charge in [0.1, 0.15) is 11.3 Å². The molecule has 0 aromatic heterocycles. The minimum Gasteiger partial charge on any atom is -0.482 e. The quantitative estimate of drug-likeness (QED) is 0.555. The van der Waals surface area contributed by atoms with Gasteiger partial charge in [-0.15, -0.1) is 0 Å². The van der Waals surface area contributed by atoms with Gasteiger partial charge in [0.05, 0.1) is 6.07 Å². The molecule has 0 radical (unpaired) electrons. The van der Waals surface area contributed by atoms with Crippen LogP contribution >= 0.6 is 0 Å². The number of rotatable bonds is 8. The predicted octanol–water partition coefficient (Wildman–Crippen LogP) is 2.54. The molecule has 1 N–H and O–H groups in total. The van der Waals surface area contributed by atoms with E-state index in [-0.39, 0.29) is 12.4 Å². The molecule has 1 amide bonds. The molecule has 1 aromatic carbocycles. The largest absolute Gasteiger partial charge is 0.482 e. The fourth-order valence-electron chi connectivity index (χ4n) is 2.99. The Morgan fingerprint density at radius 1 is 1.11 bits per heavy atom. The van der Waals surface area contributed by atoms with Crippen LogP contribution in [-0.4, -0.2) is 36.4 Å². The third kappa shape index (κ3) is 6.10. The van der Waals surface area contributed by atoms with E-state index in [1.54, 1.807) is 31.2 Å². The van der Waals surface area contributed by atoms with E-state index in [2.05, 4.69) is 11.4 Å². The van der Waals surface area contributed by atoms with Gasteiger partial charge in [-0.05, 0) is 37.1 Å². The van der Waals surface area contributed by atoms with Gasteiger partial charge in [0.2, 0.25) is 0 Å². The van der Waals surface area contributed by atoms with Gasteiger partial charge in [-0.1, -0.05) is 26.2 Å². The molecule has 1 aromatic rings. The topological polar surface area (TPSA) is 105 Å². The van der Waals surface area contributed by atoms with Crippen molar-refractivity contribution in [3.05, 3.63) is 29.8 Å². The van der Waals surface area contributed by atoms with Crippen LogP contribution in [0.3, 0.4) is 0 Å². The van der Waals surface area contributed by atoms with Crippen molar-refractivity contribution in [2.75, 3.05) is 13.2 Å². The maximum Gasteiger partial charge on any atom is 0.344 e. The Labute approximate surface area is 158 Å². The molecule has 1 fully saturated rings. The first-order valence-electron chi connectivity index (χ1n) is 9.12. The lowest BCUT2D eigenvalue weighted by Crippen LogP contribution is -2.50. The number of esters is 1. The van der Waals surface area contributed by atoms with Gasteiger partial charge in [-0.2, -0.15) is 5.26 Å². The fraction of sp³-hybridized carbons (Fsp3) is 0.500. The van der Waals surface area contributed by atoms with Gasteiger partial charge >= 0.3 is 5.97 Å². The SMILES string of the molecule is CCC(=O)c1ccc(OCC(=O)OCC(=O)NC2(C#N)CCCCC2)cc1. The van der Waals surface area contributed by atoms with Gasteiger partial charge in [-0.25, -0.2) is 4.79 Å². The number of carbonyl (C=O) groups excluding carboxylic acids is 3. The van der Waals surface area contributed by atoms with Gasteiger partial charge in [0.25, 0.3) is 5.91 Å². The average molecular weight is 372 g/mol. The number of nitrogens with zero attached hydrogens (tertiary/aromatic N) is 1. The summed E-state index contributed by atoms with van der Waals surface area (Å²) in [5, 5.41) is 12.0. The predicted molar refractivity (Wildman–Crippen MR) is 97.1 cm³/mol. The monoisotopic (exact) mass is 372 g/mol. The molecule has 0 bridgehead atoms. The normalized spacial score (nSPS) is 15.3. The molecule has 0 unspecified atom stereocenters. The van der Waals surface area contributed by atoms with Crippen LogP contribution in [0.25, 0.3) is 0 Å². The zero-order valence-corrected chi connectivity index (χ0v) is 15.5. The summed E-state index contributed by atoms with van der Waals surface area (Å²) >= 11 is 0. The number of amides is 1. The van der Waals surface area contributed by atoms with Gasteiger partial charge in [0, 0.05) is 12.0 Å². The molecule has 0 atom stereocenters. The van der Waals surface area contributed by atoms with Crippen molar-refractivity contribution in [1.29, 1.82) is 5.26 Å². The summed E-state index contributed by atoms with van der Waals surface area (Å²) in [6.07, 6.45) is 4.49. The number of ether oxygens (including phenoxy) is 2. The van der Waals surface area contributed by atoms with Crippen LogP contribution in [-0.2, 0) is 14.3 Å². The van der Waals surface area contributed by atoms with Gasteiger partial charge in [-0.3, -0.25) is 9.59 Å². The number of hydrogen-bond donors (Lipinski definition) is 1. The molecular weight excluding hydrogens is 348 g/mol. The van der Waals surface area contributed by atoms with Crippen LogP contribution in [0.15, 0.2) is 24.3 Å². The average Bonchev–Trinajstić information content (AvgIpc) is 2.71. The Bertz CT molecular complexity index is 715. The maximum absolute atomic E-state index is 12.0. The van der Waals surface area contributed by atoms with Crippen molar-refractivity contribution in [1.82, 2.24) is 5.32 Å². The molecule has 7 heteroatoms. The molecule has 2 rings (SSSR count). The van der Waals surface area contributed by atoms with E-state index < -0.39 is 24.0 Å². The zero-order chi connectivity index (χ0) is 19.7. The second-order valence-electron chi connectivity index (χ2n) is 6.55. The third-order valence-corrected chi connectivity index (χ3v) is 4.52. The number of hydrogen-bond acceptors (Lipinski definition) is 6. The van der Waals surface area contributed by atoms with Crippen LogP contribution < -0.4 is 10.1 Å². The Hall–Kier alpha value is -2.88. The van der Waals surface area contributed by atoms with Crippen LogP contribution in [0.5, 0.6) is 5.75 Å². The van der Waals surface area contributed by atoms with E-state index in [1.165, 1.54) is 0 Å². The van der Waals surface area contributed by atoms with Crippen LogP contribution in [0.1, 0.15) is 55.8 Å². The summed E-state index contributed by atoms with van der Waals surface area (Å²) in [6, 6.07) is 8.64. The first kappa shape index (κ1) is 20.4. The molecule has 0 heterocycles. The number of nitrogens with one attached hydrogen (secondary N) is 1. The highest BCUT2D eigenvalue weighted by molar-refractivity contribution is 5.95. The van der Waals surface area contributed by atoms with Crippen LogP contribution in [0, 0.1) is 11.3 Å². The highest BCUT2D eigenvalue weighted by atomic mass is 16.6. The van der Waals surface area contributed by atoms with Crippen LogP contribution in [0.4, 0.5) is 0 Å². The van der Waals surface area contributed by atoms with E-state index in [4.69, 9.17) is 9.47 Å². The Kier molecular flexibility index (Phi) is 7.35. The van der Waals surface area contributed by atoms with E-state index in [9.17, 15) is 19.6 Å². The Morgan fingerprint density at radius 2 is 1.78 bits per heavy atom. The Morgan fingerprint density at radius 3 is 2.37 bits per heavy atom. The van der Waals surface area contributed by atoms with E-state index in [0.717, 1.165) is 19.3 Å². The molecule has 1 saturated carbocycles. The van der Waals surface area contributed by atoms with E-state index in [0.29, 0.717) is 30.6 Å². The highest BCUT2D eigenvalue weighted by Gasteiger charge is 2.33. The fourth-order valence-corrected chi connectivity index (χ4v) is 2.99. The Balaban J connectivity index is 1.73. The minimum atomic E-state index is -0.851. The number of nitriles is 1. The molecule has 0 aliphatic heterocycles. The van der Waals surface area contributed by atoms with Crippen molar-refractivity contribution in [3.8, 4) is 11.8 Å². The first-order valence-corrected chi connectivity index (χ1v) is 9.12. The van der Waals surface area contributed by atoms with Gasteiger partial charge in [0.15, 0.2) is 19.0 Å². The number of ketones is 1. The number of Topliss-reactive ketones (excluding diaryl/α,β-unsaturated/α-hetero) is 1. The van der Waals surface area contributed by atoms with Crippen molar-refractivity contribution in [2.24, 2.45) is 0 Å². The number of benzene rings is 1. The second kappa shape index (κ2) is 9.72. The van der Waals surface area contributed by atoms with Crippen molar-refractivity contribution < 1.29 is 23.9 Å². The summed E-state index contributed by atoms with van der Waals surface area (Å²) in [5.74, 6) is -0.725. The first-order chi connectivity index (χ1) is 13.0. The maximum atomic E-state index is 12.0. The third-order valence-electron chi connectivity index (χ3n) is 4.52. The molecule has 7 nitrogen and oxygen atoms in total. The standard InChI is InChI=1S/C20H24N2O5/c1-2-17(23)15-6-8-16(9-7-15)26-13-19(25)27-12-18(24)22-20(14-21)10-4-3-5-11-20/h6-9H,2-5,10-13H2,1H3,(H,22,24). The van der Waals surface area contributed by atoms with Crippen molar-refractivity contribution in [3.63, 3.8) is 0 Å². The summed E-state index contributed by atoms with van der Waals surface area (Å²) in [6.45, 7) is 0.985. The highest BCUT2D eigenvalue weighted by Crippen LogP contribution is 2.27. The lowest BCUT2D eigenvalue weighted by molar-refractivity contribution is -0.150. The summed E-state index contributed by atoms with van der Waals surface area (Å²) in [4.78, 5) is 35.3. The van der Waals surface area contributed by atoms with Crippen molar-refractivity contribution >= 4 is 17.7 Å². The second-order valence-corrected chi connectivity index (χ2v) is 6.55. The molecular formula is C20H24N2O5. The molecule has 27 heavy (non-hydrogen) atoms. The smallest absolute Gasteiger partial charge is 0.344 e. The van der Waals surface area contributed by atoms with Crippen molar-refractivity contribution in [2.45, 2.75) is 51.0 Å². The lowest BCUT2D eigenvalue weighted by atomic mass is 9.83. The number of carbonyl (C=O) groups is 3. The lowest BCUT2D eigenvalue weighted by Gasteiger charge is -2.31. The molecule has 0 spiro atoms. The zero-order valence-electron chi connectivity index (χ0n) is 15.5. The molecule has 0 saturated heterocycles. The van der Waals surface area contributed by atoms with Crippen LogP contribution in [0.2, 0.25) is 0 Å². The summed E-state index contributed by atoms with van der Waals surface area (Å²) < 4.78 is 10.2. The molecule has 144 valence electrons. The molecule has 1 aliphatic carbocycles. The summed E-state index contributed by atoms with van der Waals surface area (Å²) in [5.41, 5.74) is -0.270. The van der Waals surface area contributed by atoms with Gasteiger partial charge < -0.3 is 14.8 Å².